The lowest BCUT2D eigenvalue weighted by Crippen LogP contribution is -3.14. The van der Waals surface area contributed by atoms with E-state index in [1.165, 1.54) is 23.3 Å². The van der Waals surface area contributed by atoms with Gasteiger partial charge in [0.2, 0.25) is 0 Å². The van der Waals surface area contributed by atoms with E-state index in [4.69, 9.17) is 4.74 Å². The molecule has 164 valence electrons. The maximum atomic E-state index is 12.9. The number of quaternary nitrogens is 1. The molecule has 1 aromatic carbocycles. The quantitative estimate of drug-likeness (QED) is 0.558. The van der Waals surface area contributed by atoms with Crippen LogP contribution >= 0.6 is 0 Å². The highest BCUT2D eigenvalue weighted by atomic mass is 16.6. The monoisotopic (exact) mass is 412 g/mol. The highest BCUT2D eigenvalue weighted by Crippen LogP contribution is 2.56. The van der Waals surface area contributed by atoms with Crippen LogP contribution in [-0.4, -0.2) is 36.8 Å². The number of rotatable bonds is 6. The number of likely N-dealkylation sites (N-methyl/N-ethyl adjacent to an activating group) is 1. The lowest BCUT2D eigenvalue weighted by molar-refractivity contribution is -0.908. The van der Waals surface area contributed by atoms with E-state index in [0.29, 0.717) is 12.5 Å². The number of hydrogen-bond acceptors (Lipinski definition) is 3. The standard InChI is InChI=1S/C26H37NO3/c1-5-27(17-26(4,29)19-11-7-6-8-12-19)16-21-20-14-22-18(2)10-9-13-25(22,3)15-23(20)30-24(21)28/h6-8,11-12,20-23,29H,2,5,9-10,13-17H2,1,3-4H3/p+1/t20-,21-,22-,23+,25-,26-/m1/s1. The number of carbonyl (C=O) groups excluding carboxylic acids is 1. The molecule has 1 unspecified atom stereocenters. The van der Waals surface area contributed by atoms with Crippen LogP contribution in [0.1, 0.15) is 58.4 Å². The van der Waals surface area contributed by atoms with Gasteiger partial charge in [0.25, 0.3) is 0 Å². The second-order valence-electron chi connectivity index (χ2n) is 10.5. The highest BCUT2D eigenvalue weighted by Gasteiger charge is 2.56. The van der Waals surface area contributed by atoms with Crippen LogP contribution in [0, 0.1) is 23.2 Å². The van der Waals surface area contributed by atoms with E-state index in [1.54, 1.807) is 0 Å². The lowest BCUT2D eigenvalue weighted by Gasteiger charge is -2.50. The van der Waals surface area contributed by atoms with Gasteiger partial charge in [-0.15, -0.1) is 0 Å². The first kappa shape index (κ1) is 21.6. The van der Waals surface area contributed by atoms with Crippen molar-refractivity contribution in [3.8, 4) is 0 Å². The maximum absolute atomic E-state index is 12.9. The third-order valence-corrected chi connectivity index (χ3v) is 8.32. The average molecular weight is 413 g/mol. The van der Waals surface area contributed by atoms with Crippen LogP contribution in [0.4, 0.5) is 0 Å². The molecular weight excluding hydrogens is 374 g/mol. The van der Waals surface area contributed by atoms with Crippen LogP contribution < -0.4 is 4.90 Å². The fourth-order valence-corrected chi connectivity index (χ4v) is 6.53. The molecule has 1 heterocycles. The van der Waals surface area contributed by atoms with Gasteiger partial charge in [-0.1, -0.05) is 49.4 Å². The summed E-state index contributed by atoms with van der Waals surface area (Å²) in [5.74, 6) is 0.703. The number of ether oxygens (including phenoxy) is 1. The molecule has 7 atom stereocenters. The molecule has 1 aromatic rings. The zero-order chi connectivity index (χ0) is 21.5. The summed E-state index contributed by atoms with van der Waals surface area (Å²) in [6, 6.07) is 9.84. The van der Waals surface area contributed by atoms with Crippen LogP contribution in [-0.2, 0) is 15.1 Å². The summed E-state index contributed by atoms with van der Waals surface area (Å²) < 4.78 is 5.94. The van der Waals surface area contributed by atoms with E-state index >= 15 is 0 Å². The molecule has 4 heteroatoms. The Morgan fingerprint density at radius 3 is 2.77 bits per heavy atom. The Bertz CT molecular complexity index is 789. The predicted molar refractivity (Wildman–Crippen MR) is 118 cm³/mol. The Hall–Kier alpha value is -1.65. The summed E-state index contributed by atoms with van der Waals surface area (Å²) in [7, 11) is 0. The first-order valence-electron chi connectivity index (χ1n) is 11.7. The zero-order valence-corrected chi connectivity index (χ0v) is 18.8. The number of esters is 1. The molecule has 2 N–H and O–H groups in total. The lowest BCUT2D eigenvalue weighted by atomic mass is 9.55. The average Bonchev–Trinajstić information content (AvgIpc) is 3.00. The minimum Gasteiger partial charge on any atom is -0.462 e. The van der Waals surface area contributed by atoms with Crippen LogP contribution in [0.15, 0.2) is 42.5 Å². The molecule has 0 amide bonds. The van der Waals surface area contributed by atoms with E-state index in [9.17, 15) is 9.90 Å². The van der Waals surface area contributed by atoms with Gasteiger partial charge < -0.3 is 14.7 Å². The van der Waals surface area contributed by atoms with Gasteiger partial charge in [0.1, 0.15) is 24.2 Å². The number of nitrogens with one attached hydrogen (secondary N) is 1. The van der Waals surface area contributed by atoms with E-state index < -0.39 is 5.60 Å². The number of fused-ring (bicyclic) bond motifs is 2. The van der Waals surface area contributed by atoms with Gasteiger partial charge in [0.05, 0.1) is 13.1 Å². The summed E-state index contributed by atoms with van der Waals surface area (Å²) >= 11 is 0. The molecule has 2 aliphatic carbocycles. The van der Waals surface area contributed by atoms with Gasteiger partial charge >= 0.3 is 5.97 Å². The third-order valence-electron chi connectivity index (χ3n) is 8.32. The van der Waals surface area contributed by atoms with Crippen molar-refractivity contribution in [1.82, 2.24) is 0 Å². The van der Waals surface area contributed by atoms with Crippen molar-refractivity contribution in [2.24, 2.45) is 23.2 Å². The Labute approximate surface area is 181 Å². The number of benzene rings is 1. The largest absolute Gasteiger partial charge is 0.462 e. The number of carbonyl (C=O) groups is 1. The number of aliphatic hydroxyl groups is 1. The van der Waals surface area contributed by atoms with Gasteiger partial charge in [-0.2, -0.15) is 0 Å². The Morgan fingerprint density at radius 2 is 2.07 bits per heavy atom. The van der Waals surface area contributed by atoms with Gasteiger partial charge in [0, 0.05) is 5.92 Å². The molecule has 0 radical (unpaired) electrons. The van der Waals surface area contributed by atoms with Crippen LogP contribution in [0.3, 0.4) is 0 Å². The third kappa shape index (κ3) is 3.97. The van der Waals surface area contributed by atoms with Crippen molar-refractivity contribution in [2.45, 2.75) is 64.6 Å². The minimum atomic E-state index is -0.919. The normalized spacial score (nSPS) is 36.4. The molecule has 2 saturated carbocycles. The molecule has 4 nitrogen and oxygen atoms in total. The molecule has 4 rings (SSSR count). The first-order valence-corrected chi connectivity index (χ1v) is 11.7. The fraction of sp³-hybridized carbons (Fsp3) is 0.654. The van der Waals surface area contributed by atoms with Gasteiger partial charge in [-0.05, 0) is 62.8 Å². The van der Waals surface area contributed by atoms with Crippen molar-refractivity contribution >= 4 is 5.97 Å². The second-order valence-corrected chi connectivity index (χ2v) is 10.5. The Kier molecular flexibility index (Phi) is 5.84. The predicted octanol–water partition coefficient (Wildman–Crippen LogP) is 3.11. The van der Waals surface area contributed by atoms with E-state index in [2.05, 4.69) is 20.4 Å². The number of allylic oxidation sites excluding steroid dienone is 1. The van der Waals surface area contributed by atoms with Crippen molar-refractivity contribution in [3.63, 3.8) is 0 Å². The highest BCUT2D eigenvalue weighted by molar-refractivity contribution is 5.75. The molecule has 1 saturated heterocycles. The van der Waals surface area contributed by atoms with Crippen molar-refractivity contribution in [2.75, 3.05) is 19.6 Å². The van der Waals surface area contributed by atoms with Gasteiger partial charge in [0.15, 0.2) is 0 Å². The summed E-state index contributed by atoms with van der Waals surface area (Å²) in [4.78, 5) is 14.2. The molecule has 3 aliphatic rings. The molecule has 1 aliphatic heterocycles. The van der Waals surface area contributed by atoms with E-state index in [0.717, 1.165) is 37.9 Å². The Morgan fingerprint density at radius 1 is 1.33 bits per heavy atom. The van der Waals surface area contributed by atoms with Crippen molar-refractivity contribution < 1.29 is 19.5 Å². The maximum Gasteiger partial charge on any atom is 0.315 e. The summed E-state index contributed by atoms with van der Waals surface area (Å²) in [5, 5.41) is 11.1. The topological polar surface area (TPSA) is 51.0 Å². The van der Waals surface area contributed by atoms with Crippen LogP contribution in [0.25, 0.3) is 0 Å². The smallest absolute Gasteiger partial charge is 0.315 e. The molecule has 0 aromatic heterocycles. The van der Waals surface area contributed by atoms with Gasteiger partial charge in [-0.3, -0.25) is 4.79 Å². The number of hydrogen-bond donors (Lipinski definition) is 2. The second kappa shape index (κ2) is 8.12. The van der Waals surface area contributed by atoms with Crippen LogP contribution in [0.2, 0.25) is 0 Å². The molecule has 0 spiro atoms. The van der Waals surface area contributed by atoms with Crippen molar-refractivity contribution in [3.05, 3.63) is 48.0 Å². The summed E-state index contributed by atoms with van der Waals surface area (Å²) in [6.07, 6.45) is 5.62. The Balaban J connectivity index is 1.48. The van der Waals surface area contributed by atoms with Crippen LogP contribution in [0.5, 0.6) is 0 Å². The first-order chi connectivity index (χ1) is 14.2. The molecule has 3 fully saturated rings. The zero-order valence-electron chi connectivity index (χ0n) is 18.8. The fourth-order valence-electron chi connectivity index (χ4n) is 6.53. The minimum absolute atomic E-state index is 0.0248. The van der Waals surface area contributed by atoms with E-state index in [-0.39, 0.29) is 29.3 Å². The molecule has 30 heavy (non-hydrogen) atoms. The molecule has 0 bridgehead atoms. The summed E-state index contributed by atoms with van der Waals surface area (Å²) in [5.41, 5.74) is 1.62. The van der Waals surface area contributed by atoms with Crippen molar-refractivity contribution in [1.29, 1.82) is 0 Å². The van der Waals surface area contributed by atoms with Gasteiger partial charge in [-0.25, -0.2) is 0 Å². The SMILES string of the molecule is C=C1CCC[C@]2(C)C[C@@H]3OC(=O)[C@H](C[NH+](CC)C[C@@](C)(O)c4ccccc4)[C@H]3C[C@H]12. The molecular formula is C26H38NO3+. The van der Waals surface area contributed by atoms with E-state index in [1.807, 2.05) is 37.3 Å². The summed E-state index contributed by atoms with van der Waals surface area (Å²) in [6.45, 7) is 13.0.